The molecule has 0 radical (unpaired) electrons. The van der Waals surface area contributed by atoms with Crippen molar-refractivity contribution in [1.82, 2.24) is 14.7 Å². The third kappa shape index (κ3) is 1.62. The molecule has 0 amide bonds. The van der Waals surface area contributed by atoms with E-state index in [0.717, 1.165) is 31.6 Å². The van der Waals surface area contributed by atoms with Crippen LogP contribution in [-0.4, -0.2) is 59.4 Å². The lowest BCUT2D eigenvalue weighted by Crippen LogP contribution is -2.76. The second-order valence-corrected chi connectivity index (χ2v) is 7.55. The van der Waals surface area contributed by atoms with Gasteiger partial charge < -0.3 is 14.7 Å². The van der Waals surface area contributed by atoms with Gasteiger partial charge in [0.1, 0.15) is 6.17 Å². The first kappa shape index (κ1) is 13.6. The molecule has 3 atom stereocenters. The number of piperidine rings is 1. The van der Waals surface area contributed by atoms with E-state index < -0.39 is 0 Å². The van der Waals surface area contributed by atoms with E-state index in [1.165, 1.54) is 18.4 Å². The highest BCUT2D eigenvalue weighted by Crippen LogP contribution is 2.59. The zero-order chi connectivity index (χ0) is 15.6. The summed E-state index contributed by atoms with van der Waals surface area (Å²) in [6.45, 7) is 3.15. The predicted molar refractivity (Wildman–Crippen MR) is 89.3 cm³/mol. The van der Waals surface area contributed by atoms with Gasteiger partial charge in [-0.05, 0) is 25.5 Å². The minimum atomic E-state index is 0.226. The van der Waals surface area contributed by atoms with Crippen LogP contribution in [0.5, 0.6) is 0 Å². The predicted octanol–water partition coefficient (Wildman–Crippen LogP) is 1.75. The third-order valence-corrected chi connectivity index (χ3v) is 6.65. The Morgan fingerprint density at radius 3 is 2.87 bits per heavy atom. The molecule has 4 aliphatic heterocycles. The molecule has 2 fully saturated rings. The molecule has 0 aromatic rings. The van der Waals surface area contributed by atoms with Gasteiger partial charge in [0.15, 0.2) is 6.29 Å². The largest absolute Gasteiger partial charge is 0.349 e. The monoisotopic (exact) mass is 309 g/mol. The zero-order valence-electron chi connectivity index (χ0n) is 13.6. The van der Waals surface area contributed by atoms with Crippen molar-refractivity contribution in [2.45, 2.75) is 24.5 Å². The molecule has 4 heteroatoms. The van der Waals surface area contributed by atoms with Crippen LogP contribution in [0.3, 0.4) is 0 Å². The summed E-state index contributed by atoms with van der Waals surface area (Å²) in [4.78, 5) is 18.9. The minimum Gasteiger partial charge on any atom is -0.349 e. The SMILES string of the molecule is CN1CCC2(CC1)C1[C@@H]3C=CC=CC3=CCN3C(C=O)=CN2[C@H]13. The number of carbonyl (C=O) groups excluding carboxylic acids is 1. The minimum absolute atomic E-state index is 0.226. The van der Waals surface area contributed by atoms with Crippen LogP contribution in [0, 0.1) is 11.8 Å². The summed E-state index contributed by atoms with van der Waals surface area (Å²) in [5.41, 5.74) is 2.53. The summed E-state index contributed by atoms with van der Waals surface area (Å²) >= 11 is 0. The molecule has 0 bridgehead atoms. The average Bonchev–Trinajstić information content (AvgIpc) is 2.82. The molecule has 5 aliphatic rings. The molecule has 5 rings (SSSR count). The molecule has 1 unspecified atom stereocenters. The van der Waals surface area contributed by atoms with E-state index in [2.05, 4.69) is 58.3 Å². The molecular weight excluding hydrogens is 286 g/mol. The van der Waals surface area contributed by atoms with Crippen molar-refractivity contribution in [3.63, 3.8) is 0 Å². The molecule has 0 saturated carbocycles. The van der Waals surface area contributed by atoms with Crippen molar-refractivity contribution in [2.24, 2.45) is 11.8 Å². The number of nitrogens with zero attached hydrogens (tertiary/aromatic N) is 3. The Labute approximate surface area is 137 Å². The topological polar surface area (TPSA) is 26.8 Å². The Balaban J connectivity index is 1.60. The quantitative estimate of drug-likeness (QED) is 0.690. The summed E-state index contributed by atoms with van der Waals surface area (Å²) in [5, 5.41) is 0. The van der Waals surface area contributed by atoms with Crippen LogP contribution < -0.4 is 0 Å². The molecule has 23 heavy (non-hydrogen) atoms. The maximum Gasteiger partial charge on any atom is 0.167 e. The van der Waals surface area contributed by atoms with E-state index in [1.54, 1.807) is 0 Å². The second kappa shape index (κ2) is 4.60. The molecule has 0 N–H and O–H groups in total. The first-order chi connectivity index (χ1) is 11.2. The van der Waals surface area contributed by atoms with Crippen molar-refractivity contribution in [1.29, 1.82) is 0 Å². The van der Waals surface area contributed by atoms with Crippen molar-refractivity contribution < 1.29 is 4.79 Å². The number of carbonyl (C=O) groups is 1. The van der Waals surface area contributed by atoms with Gasteiger partial charge in [0, 0.05) is 37.7 Å². The van der Waals surface area contributed by atoms with E-state index in [9.17, 15) is 4.79 Å². The highest BCUT2D eigenvalue weighted by Gasteiger charge is 2.66. The molecule has 2 saturated heterocycles. The van der Waals surface area contributed by atoms with Crippen LogP contribution in [0.15, 0.2) is 47.9 Å². The van der Waals surface area contributed by atoms with Crippen molar-refractivity contribution >= 4 is 6.29 Å². The van der Waals surface area contributed by atoms with Crippen LogP contribution in [0.2, 0.25) is 0 Å². The molecule has 1 spiro atoms. The number of rotatable bonds is 1. The summed E-state index contributed by atoms with van der Waals surface area (Å²) < 4.78 is 0. The normalized spacial score (nSPS) is 36.8. The van der Waals surface area contributed by atoms with Crippen LogP contribution >= 0.6 is 0 Å². The fourth-order valence-electron chi connectivity index (χ4n) is 5.46. The third-order valence-electron chi connectivity index (χ3n) is 6.65. The average molecular weight is 309 g/mol. The van der Waals surface area contributed by atoms with Crippen LogP contribution in [-0.2, 0) is 4.79 Å². The standard InChI is InChI=1S/C19H23N3O/c1-20-10-7-19(8-11-20)17-16-5-3-2-4-14(16)6-9-21-15(13-23)12-22(19)18(17)21/h2-6,12-13,16-18H,7-11H2,1H3/t16-,17?,18-/m1/s1. The van der Waals surface area contributed by atoms with Crippen molar-refractivity contribution in [2.75, 3.05) is 26.7 Å². The van der Waals surface area contributed by atoms with Crippen LogP contribution in [0.25, 0.3) is 0 Å². The van der Waals surface area contributed by atoms with Gasteiger partial charge in [0.25, 0.3) is 0 Å². The number of fused-ring (bicyclic) bond motifs is 4. The Hall–Kier alpha value is -1.81. The molecule has 4 heterocycles. The number of aldehydes is 1. The zero-order valence-corrected chi connectivity index (χ0v) is 13.6. The Morgan fingerprint density at radius 2 is 2.09 bits per heavy atom. The second-order valence-electron chi connectivity index (χ2n) is 7.55. The molecular formula is C19H23N3O. The molecule has 120 valence electrons. The Bertz CT molecular complexity index is 666. The van der Waals surface area contributed by atoms with E-state index in [0.29, 0.717) is 18.0 Å². The fraction of sp³-hybridized carbons (Fsp3) is 0.526. The number of allylic oxidation sites excluding steroid dienone is 6. The van der Waals surface area contributed by atoms with Crippen LogP contribution in [0.1, 0.15) is 12.8 Å². The first-order valence-corrected chi connectivity index (χ1v) is 8.70. The van der Waals surface area contributed by atoms with Crippen molar-refractivity contribution in [3.05, 3.63) is 47.9 Å². The Kier molecular flexibility index (Phi) is 2.72. The Morgan fingerprint density at radius 1 is 1.26 bits per heavy atom. The fourth-order valence-corrected chi connectivity index (χ4v) is 5.46. The lowest BCUT2D eigenvalue weighted by molar-refractivity contribution is -0.174. The highest BCUT2D eigenvalue weighted by atomic mass is 16.1. The van der Waals surface area contributed by atoms with E-state index in [4.69, 9.17) is 0 Å². The molecule has 4 nitrogen and oxygen atoms in total. The number of hydrogen-bond acceptors (Lipinski definition) is 4. The summed E-state index contributed by atoms with van der Waals surface area (Å²) in [6.07, 6.45) is 17.3. The molecule has 1 aliphatic carbocycles. The maximum absolute atomic E-state index is 11.6. The van der Waals surface area contributed by atoms with Gasteiger partial charge in [0.2, 0.25) is 0 Å². The van der Waals surface area contributed by atoms with Gasteiger partial charge in [-0.2, -0.15) is 0 Å². The smallest absolute Gasteiger partial charge is 0.167 e. The van der Waals surface area contributed by atoms with Gasteiger partial charge in [-0.25, -0.2) is 0 Å². The van der Waals surface area contributed by atoms with Gasteiger partial charge in [-0.1, -0.05) is 30.4 Å². The first-order valence-electron chi connectivity index (χ1n) is 8.70. The summed E-state index contributed by atoms with van der Waals surface area (Å²) in [7, 11) is 2.22. The summed E-state index contributed by atoms with van der Waals surface area (Å²) in [6, 6.07) is 0. The van der Waals surface area contributed by atoms with Gasteiger partial charge in [-0.3, -0.25) is 4.79 Å². The van der Waals surface area contributed by atoms with Gasteiger partial charge in [0.05, 0.1) is 11.2 Å². The summed E-state index contributed by atoms with van der Waals surface area (Å²) in [5.74, 6) is 1.08. The molecule has 0 aromatic heterocycles. The maximum atomic E-state index is 11.6. The number of hydrogen-bond donors (Lipinski definition) is 0. The van der Waals surface area contributed by atoms with E-state index >= 15 is 0 Å². The lowest BCUT2D eigenvalue weighted by atomic mass is 9.59. The van der Waals surface area contributed by atoms with E-state index in [-0.39, 0.29) is 5.54 Å². The van der Waals surface area contributed by atoms with Gasteiger partial charge >= 0.3 is 0 Å². The van der Waals surface area contributed by atoms with E-state index in [1.807, 2.05) is 0 Å². The highest BCUT2D eigenvalue weighted by molar-refractivity contribution is 5.74. The van der Waals surface area contributed by atoms with Gasteiger partial charge in [-0.15, -0.1) is 0 Å². The lowest BCUT2D eigenvalue weighted by Gasteiger charge is -2.67. The molecule has 0 aromatic carbocycles. The van der Waals surface area contributed by atoms with Crippen LogP contribution in [0.4, 0.5) is 0 Å². The van der Waals surface area contributed by atoms with Crippen molar-refractivity contribution in [3.8, 4) is 0 Å². The number of likely N-dealkylation sites (tertiary alicyclic amines) is 1.